The van der Waals surface area contributed by atoms with Crippen molar-refractivity contribution in [2.75, 3.05) is 38.3 Å². The predicted octanol–water partition coefficient (Wildman–Crippen LogP) is 3.28. The Morgan fingerprint density at radius 3 is 2.62 bits per heavy atom. The first-order valence-corrected chi connectivity index (χ1v) is 9.29. The number of hydrogen-bond acceptors (Lipinski definition) is 5. The molecule has 132 valence electrons. The maximum absolute atomic E-state index is 4.55. The molecule has 5 nitrogen and oxygen atoms in total. The molecule has 24 heavy (non-hydrogen) atoms. The summed E-state index contributed by atoms with van der Waals surface area (Å²) in [6.45, 7) is 1.54. The van der Waals surface area contributed by atoms with Gasteiger partial charge in [-0.15, -0.1) is 47.1 Å². The molecule has 0 saturated carbocycles. The number of anilines is 1. The minimum absolute atomic E-state index is 0. The lowest BCUT2D eigenvalue weighted by Crippen LogP contribution is -2.38. The van der Waals surface area contributed by atoms with Crippen LogP contribution in [-0.2, 0) is 6.54 Å². The zero-order valence-corrected chi connectivity index (χ0v) is 18.1. The summed E-state index contributed by atoms with van der Waals surface area (Å²) in [6.07, 6.45) is 0. The molecule has 0 unspecified atom stereocenters. The van der Waals surface area contributed by atoms with Gasteiger partial charge in [0.15, 0.2) is 11.1 Å². The number of thioether (sulfide) groups is 1. The van der Waals surface area contributed by atoms with Crippen molar-refractivity contribution in [2.45, 2.75) is 11.4 Å². The molecule has 1 aromatic heterocycles. The van der Waals surface area contributed by atoms with Gasteiger partial charge in [-0.3, -0.25) is 4.99 Å². The maximum Gasteiger partial charge on any atom is 0.191 e. The van der Waals surface area contributed by atoms with Crippen LogP contribution in [0.15, 0.2) is 45.6 Å². The maximum atomic E-state index is 4.55. The van der Waals surface area contributed by atoms with E-state index >= 15 is 0 Å². The second-order valence-electron chi connectivity index (χ2n) is 5.03. The van der Waals surface area contributed by atoms with Crippen LogP contribution in [0.1, 0.15) is 5.69 Å². The van der Waals surface area contributed by atoms with Crippen molar-refractivity contribution in [2.24, 2.45) is 4.99 Å². The first kappa shape index (κ1) is 21.0. The molecule has 8 heteroatoms. The van der Waals surface area contributed by atoms with Gasteiger partial charge in [-0.05, 0) is 12.1 Å². The quantitative estimate of drug-likeness (QED) is 0.211. The predicted molar refractivity (Wildman–Crippen MR) is 117 cm³/mol. The smallest absolute Gasteiger partial charge is 0.191 e. The number of thiazole rings is 1. The lowest BCUT2D eigenvalue weighted by molar-refractivity contribution is 0.816. The summed E-state index contributed by atoms with van der Waals surface area (Å²) in [7, 11) is 5.79. The number of nitrogens with zero attached hydrogens (tertiary/aromatic N) is 3. The zero-order chi connectivity index (χ0) is 16.5. The van der Waals surface area contributed by atoms with E-state index in [0.717, 1.165) is 29.1 Å². The second kappa shape index (κ2) is 11.5. The number of aromatic nitrogens is 1. The van der Waals surface area contributed by atoms with Crippen LogP contribution >= 0.6 is 47.1 Å². The first-order valence-electron chi connectivity index (χ1n) is 7.43. The van der Waals surface area contributed by atoms with Crippen molar-refractivity contribution >= 4 is 58.2 Å². The van der Waals surface area contributed by atoms with Crippen molar-refractivity contribution in [3.63, 3.8) is 0 Å². The molecule has 1 heterocycles. The van der Waals surface area contributed by atoms with Crippen LogP contribution in [0, 0.1) is 0 Å². The second-order valence-corrected chi connectivity index (χ2v) is 7.03. The monoisotopic (exact) mass is 477 g/mol. The van der Waals surface area contributed by atoms with Crippen LogP contribution in [0.4, 0.5) is 5.13 Å². The molecule has 0 atom stereocenters. The topological polar surface area (TPSA) is 52.6 Å². The highest BCUT2D eigenvalue weighted by Crippen LogP contribution is 2.17. The van der Waals surface area contributed by atoms with Crippen LogP contribution in [-0.4, -0.2) is 44.4 Å². The van der Waals surface area contributed by atoms with Gasteiger partial charge >= 0.3 is 0 Å². The fourth-order valence-corrected chi connectivity index (χ4v) is 3.38. The van der Waals surface area contributed by atoms with Gasteiger partial charge in [-0.1, -0.05) is 18.2 Å². The molecule has 0 aliphatic carbocycles. The molecule has 0 saturated heterocycles. The van der Waals surface area contributed by atoms with E-state index in [2.05, 4.69) is 50.3 Å². The highest BCUT2D eigenvalue weighted by atomic mass is 127. The molecule has 0 aliphatic rings. The van der Waals surface area contributed by atoms with E-state index in [-0.39, 0.29) is 24.0 Å². The van der Waals surface area contributed by atoms with Gasteiger partial charge in [0, 0.05) is 43.7 Å². The van der Waals surface area contributed by atoms with Crippen LogP contribution in [0.2, 0.25) is 0 Å². The highest BCUT2D eigenvalue weighted by molar-refractivity contribution is 14.0. The summed E-state index contributed by atoms with van der Waals surface area (Å²) >= 11 is 3.48. The van der Waals surface area contributed by atoms with E-state index in [4.69, 9.17) is 0 Å². The number of aliphatic imine (C=N–C) groups is 1. The Labute approximate surface area is 169 Å². The van der Waals surface area contributed by atoms with Gasteiger partial charge < -0.3 is 15.5 Å². The number of guanidine groups is 1. The Kier molecular flexibility index (Phi) is 10.1. The Morgan fingerprint density at radius 2 is 2.00 bits per heavy atom. The van der Waals surface area contributed by atoms with E-state index < -0.39 is 0 Å². The number of rotatable bonds is 7. The number of halogens is 1. The molecule has 0 fully saturated rings. The molecular weight excluding hydrogens is 453 g/mol. The molecule has 0 radical (unpaired) electrons. The average Bonchev–Trinajstić information content (AvgIpc) is 3.04. The lowest BCUT2D eigenvalue weighted by atomic mass is 10.4. The van der Waals surface area contributed by atoms with Crippen LogP contribution in [0.3, 0.4) is 0 Å². The zero-order valence-electron chi connectivity index (χ0n) is 14.2. The third kappa shape index (κ3) is 7.27. The van der Waals surface area contributed by atoms with Crippen LogP contribution in [0.25, 0.3) is 0 Å². The number of nitrogens with one attached hydrogen (secondary N) is 2. The van der Waals surface area contributed by atoms with E-state index in [1.54, 1.807) is 18.4 Å². The van der Waals surface area contributed by atoms with E-state index in [1.165, 1.54) is 4.90 Å². The van der Waals surface area contributed by atoms with Gasteiger partial charge in [-0.2, -0.15) is 0 Å². The van der Waals surface area contributed by atoms with Crippen LogP contribution < -0.4 is 15.5 Å². The van der Waals surface area contributed by atoms with E-state index in [9.17, 15) is 0 Å². The van der Waals surface area contributed by atoms with E-state index in [0.29, 0.717) is 6.54 Å². The molecule has 0 aliphatic heterocycles. The van der Waals surface area contributed by atoms with Crippen molar-refractivity contribution in [1.82, 2.24) is 15.6 Å². The van der Waals surface area contributed by atoms with Gasteiger partial charge in [0.05, 0.1) is 12.2 Å². The third-order valence-electron chi connectivity index (χ3n) is 2.99. The molecule has 0 spiro atoms. The Morgan fingerprint density at radius 1 is 1.25 bits per heavy atom. The number of hydrogen-bond donors (Lipinski definition) is 2. The molecule has 0 bridgehead atoms. The summed E-state index contributed by atoms with van der Waals surface area (Å²) in [6, 6.07) is 10.4. The summed E-state index contributed by atoms with van der Waals surface area (Å²) in [5, 5.41) is 9.70. The van der Waals surface area contributed by atoms with Crippen molar-refractivity contribution in [1.29, 1.82) is 0 Å². The highest BCUT2D eigenvalue weighted by Gasteiger charge is 2.04. The van der Waals surface area contributed by atoms with Gasteiger partial charge in [0.1, 0.15) is 0 Å². The molecule has 0 amide bonds. The normalized spacial score (nSPS) is 10.9. The minimum Gasteiger partial charge on any atom is -0.356 e. The Bertz CT molecular complexity index is 616. The van der Waals surface area contributed by atoms with Crippen LogP contribution in [0.5, 0.6) is 0 Å². The SMILES string of the molecule is CN=C(NCCSc1ccccc1)NCc1csc(N(C)C)n1.I. The fourth-order valence-electron chi connectivity index (χ4n) is 1.83. The summed E-state index contributed by atoms with van der Waals surface area (Å²) < 4.78 is 0. The van der Waals surface area contributed by atoms with Crippen molar-refractivity contribution in [3.8, 4) is 0 Å². The third-order valence-corrected chi connectivity index (χ3v) is 5.06. The van der Waals surface area contributed by atoms with Gasteiger partial charge in [0.2, 0.25) is 0 Å². The van der Waals surface area contributed by atoms with Gasteiger partial charge in [-0.25, -0.2) is 4.98 Å². The lowest BCUT2D eigenvalue weighted by Gasteiger charge is -2.11. The molecule has 1 aromatic carbocycles. The summed E-state index contributed by atoms with van der Waals surface area (Å²) in [5.74, 6) is 1.80. The Hall–Kier alpha value is -1.00. The Balaban J connectivity index is 0.00000288. The molecular formula is C16H24IN5S2. The average molecular weight is 477 g/mol. The molecule has 2 N–H and O–H groups in total. The van der Waals surface area contributed by atoms with Gasteiger partial charge in [0.25, 0.3) is 0 Å². The van der Waals surface area contributed by atoms with E-state index in [1.807, 2.05) is 36.8 Å². The van der Waals surface area contributed by atoms with Crippen molar-refractivity contribution < 1.29 is 0 Å². The summed E-state index contributed by atoms with van der Waals surface area (Å²) in [5.41, 5.74) is 1.03. The minimum atomic E-state index is 0. The first-order chi connectivity index (χ1) is 11.2. The molecule has 2 rings (SSSR count). The number of benzene rings is 1. The molecule has 2 aromatic rings. The largest absolute Gasteiger partial charge is 0.356 e. The summed E-state index contributed by atoms with van der Waals surface area (Å²) in [4.78, 5) is 12.1. The van der Waals surface area contributed by atoms with Crippen molar-refractivity contribution in [3.05, 3.63) is 41.4 Å². The standard InChI is InChI=1S/C16H23N5S2.HI/c1-17-15(18-9-10-22-14-7-5-4-6-8-14)19-11-13-12-23-16(20-13)21(2)3;/h4-8,12H,9-11H2,1-3H3,(H2,17,18,19);1H. The fraction of sp³-hybridized carbons (Fsp3) is 0.375.